The third kappa shape index (κ3) is 3.47. The van der Waals surface area contributed by atoms with E-state index in [0.29, 0.717) is 12.0 Å². The molecule has 2 aromatic rings. The van der Waals surface area contributed by atoms with Crippen molar-refractivity contribution in [2.45, 2.75) is 31.3 Å². The highest BCUT2D eigenvalue weighted by atomic mass is 79.9. The zero-order valence-electron chi connectivity index (χ0n) is 12.2. The van der Waals surface area contributed by atoms with Gasteiger partial charge < -0.3 is 10.1 Å². The Morgan fingerprint density at radius 1 is 1.10 bits per heavy atom. The van der Waals surface area contributed by atoms with Gasteiger partial charge in [0.1, 0.15) is 5.75 Å². The third-order valence-electron chi connectivity index (χ3n) is 4.25. The zero-order valence-corrected chi connectivity index (χ0v) is 13.8. The molecule has 1 aliphatic rings. The topological polar surface area (TPSA) is 21.3 Å². The van der Waals surface area contributed by atoms with Crippen molar-refractivity contribution in [3.63, 3.8) is 0 Å². The van der Waals surface area contributed by atoms with Crippen LogP contribution in [0.5, 0.6) is 5.75 Å². The van der Waals surface area contributed by atoms with Crippen LogP contribution >= 0.6 is 15.9 Å². The smallest absolute Gasteiger partial charge is 0.123 e. The molecule has 110 valence electrons. The quantitative estimate of drug-likeness (QED) is 0.861. The number of hydrogen-bond donors (Lipinski definition) is 1. The van der Waals surface area contributed by atoms with Crippen molar-refractivity contribution >= 4 is 15.9 Å². The van der Waals surface area contributed by atoms with Crippen molar-refractivity contribution in [1.82, 2.24) is 5.32 Å². The van der Waals surface area contributed by atoms with E-state index in [4.69, 9.17) is 4.74 Å². The van der Waals surface area contributed by atoms with Crippen LogP contribution in [-0.2, 0) is 6.54 Å². The van der Waals surface area contributed by atoms with Gasteiger partial charge >= 0.3 is 0 Å². The Kier molecular flexibility index (Phi) is 4.61. The van der Waals surface area contributed by atoms with E-state index in [1.807, 2.05) is 12.1 Å². The maximum atomic E-state index is 5.39. The predicted molar refractivity (Wildman–Crippen MR) is 89.7 cm³/mol. The second kappa shape index (κ2) is 6.63. The van der Waals surface area contributed by atoms with E-state index in [9.17, 15) is 0 Å². The summed E-state index contributed by atoms with van der Waals surface area (Å²) in [7, 11) is 1.73. The highest BCUT2D eigenvalue weighted by Crippen LogP contribution is 2.37. The minimum atomic E-state index is 0.614. The predicted octanol–water partition coefficient (Wildman–Crippen LogP) is 4.49. The van der Waals surface area contributed by atoms with E-state index in [1.165, 1.54) is 24.0 Å². The molecule has 2 nitrogen and oxygen atoms in total. The second-order valence-electron chi connectivity index (χ2n) is 5.61. The molecule has 1 saturated carbocycles. The lowest BCUT2D eigenvalue weighted by Crippen LogP contribution is -2.39. The summed E-state index contributed by atoms with van der Waals surface area (Å²) in [4.78, 5) is 0. The van der Waals surface area contributed by atoms with Crippen LogP contribution in [0.1, 0.15) is 29.9 Å². The number of para-hydroxylation sites is 1. The van der Waals surface area contributed by atoms with Gasteiger partial charge in [-0.05, 0) is 42.5 Å². The average molecular weight is 346 g/mol. The first-order valence-corrected chi connectivity index (χ1v) is 8.16. The van der Waals surface area contributed by atoms with Gasteiger partial charge in [-0.1, -0.05) is 46.3 Å². The molecule has 3 rings (SSSR count). The van der Waals surface area contributed by atoms with Gasteiger partial charge in [0, 0.05) is 22.6 Å². The van der Waals surface area contributed by atoms with Gasteiger partial charge in [-0.25, -0.2) is 0 Å². The van der Waals surface area contributed by atoms with Gasteiger partial charge in [0.25, 0.3) is 0 Å². The van der Waals surface area contributed by atoms with E-state index < -0.39 is 0 Å². The second-order valence-corrected chi connectivity index (χ2v) is 6.53. The maximum absolute atomic E-state index is 5.39. The molecule has 0 unspecified atom stereocenters. The Hall–Kier alpha value is -1.32. The van der Waals surface area contributed by atoms with Crippen molar-refractivity contribution in [2.24, 2.45) is 0 Å². The van der Waals surface area contributed by atoms with E-state index >= 15 is 0 Å². The van der Waals surface area contributed by atoms with Crippen LogP contribution in [-0.4, -0.2) is 13.2 Å². The Morgan fingerprint density at radius 3 is 2.52 bits per heavy atom. The number of halogens is 1. The number of methoxy groups -OCH3 is 1. The molecular weight excluding hydrogens is 326 g/mol. The third-order valence-corrected chi connectivity index (χ3v) is 4.78. The van der Waals surface area contributed by atoms with Crippen molar-refractivity contribution in [3.05, 3.63) is 64.1 Å². The number of nitrogens with one attached hydrogen (secondary N) is 1. The van der Waals surface area contributed by atoms with Gasteiger partial charge in [0.15, 0.2) is 0 Å². The van der Waals surface area contributed by atoms with Crippen LogP contribution < -0.4 is 10.1 Å². The molecule has 0 bridgehead atoms. The van der Waals surface area contributed by atoms with Crippen molar-refractivity contribution in [3.8, 4) is 5.75 Å². The summed E-state index contributed by atoms with van der Waals surface area (Å²) in [6.45, 7) is 0.877. The molecular formula is C18H20BrNO. The van der Waals surface area contributed by atoms with Gasteiger partial charge in [0.2, 0.25) is 0 Å². The van der Waals surface area contributed by atoms with E-state index in [-0.39, 0.29) is 0 Å². The largest absolute Gasteiger partial charge is 0.496 e. The standard InChI is InChI=1S/C18H20BrNO/c1-21-18-5-3-2-4-14(18)12-20-17-10-15(11-17)13-6-8-16(19)9-7-13/h2-9,15,17,20H,10-12H2,1H3. The summed E-state index contributed by atoms with van der Waals surface area (Å²) < 4.78 is 6.54. The molecule has 3 heteroatoms. The molecule has 0 aliphatic heterocycles. The lowest BCUT2D eigenvalue weighted by molar-refractivity contribution is 0.288. The molecule has 2 aromatic carbocycles. The van der Waals surface area contributed by atoms with Gasteiger partial charge in [-0.15, -0.1) is 0 Å². The first-order chi connectivity index (χ1) is 10.3. The minimum absolute atomic E-state index is 0.614. The normalized spacial score (nSPS) is 20.9. The van der Waals surface area contributed by atoms with E-state index in [0.717, 1.165) is 16.8 Å². The number of ether oxygens (including phenoxy) is 1. The number of rotatable bonds is 5. The number of hydrogen-bond acceptors (Lipinski definition) is 2. The maximum Gasteiger partial charge on any atom is 0.123 e. The van der Waals surface area contributed by atoms with Crippen LogP contribution in [0, 0.1) is 0 Å². The Bertz CT molecular complexity index is 590. The molecule has 1 aliphatic carbocycles. The molecule has 0 spiro atoms. The lowest BCUT2D eigenvalue weighted by Gasteiger charge is -2.36. The Balaban J connectivity index is 1.50. The Morgan fingerprint density at radius 2 is 1.81 bits per heavy atom. The van der Waals surface area contributed by atoms with Crippen LogP contribution in [0.2, 0.25) is 0 Å². The van der Waals surface area contributed by atoms with Crippen LogP contribution in [0.15, 0.2) is 53.0 Å². The first-order valence-electron chi connectivity index (χ1n) is 7.37. The molecule has 0 saturated heterocycles. The minimum Gasteiger partial charge on any atom is -0.496 e. The van der Waals surface area contributed by atoms with Crippen LogP contribution in [0.3, 0.4) is 0 Å². The number of benzene rings is 2. The Labute approximate surface area is 134 Å². The molecule has 0 radical (unpaired) electrons. The summed E-state index contributed by atoms with van der Waals surface area (Å²) in [5.41, 5.74) is 2.68. The highest BCUT2D eigenvalue weighted by Gasteiger charge is 2.29. The van der Waals surface area contributed by atoms with Gasteiger partial charge in [-0.2, -0.15) is 0 Å². The zero-order chi connectivity index (χ0) is 14.7. The molecule has 21 heavy (non-hydrogen) atoms. The molecule has 1 fully saturated rings. The van der Waals surface area contributed by atoms with Crippen LogP contribution in [0.25, 0.3) is 0 Å². The van der Waals surface area contributed by atoms with Crippen molar-refractivity contribution < 1.29 is 4.74 Å². The van der Waals surface area contributed by atoms with Crippen molar-refractivity contribution in [2.75, 3.05) is 7.11 Å². The average Bonchev–Trinajstić information content (AvgIpc) is 2.48. The monoisotopic (exact) mass is 345 g/mol. The molecule has 0 aromatic heterocycles. The fourth-order valence-corrected chi connectivity index (χ4v) is 3.16. The SMILES string of the molecule is COc1ccccc1CNC1CC(c2ccc(Br)cc2)C1. The first kappa shape index (κ1) is 14.6. The lowest BCUT2D eigenvalue weighted by atomic mass is 9.76. The summed E-state index contributed by atoms with van der Waals surface area (Å²) in [5.74, 6) is 1.67. The van der Waals surface area contributed by atoms with Gasteiger partial charge in [-0.3, -0.25) is 0 Å². The molecule has 0 amide bonds. The summed E-state index contributed by atoms with van der Waals surface area (Å²) >= 11 is 3.49. The molecule has 0 heterocycles. The fraction of sp³-hybridized carbons (Fsp3) is 0.333. The van der Waals surface area contributed by atoms with E-state index in [1.54, 1.807) is 7.11 Å². The van der Waals surface area contributed by atoms with Crippen molar-refractivity contribution in [1.29, 1.82) is 0 Å². The molecule has 1 N–H and O–H groups in total. The van der Waals surface area contributed by atoms with E-state index in [2.05, 4.69) is 57.6 Å². The summed E-state index contributed by atoms with van der Waals surface area (Å²) in [6, 6.07) is 17.5. The highest BCUT2D eigenvalue weighted by molar-refractivity contribution is 9.10. The summed E-state index contributed by atoms with van der Waals surface area (Å²) in [6.07, 6.45) is 2.44. The van der Waals surface area contributed by atoms with Crippen LogP contribution in [0.4, 0.5) is 0 Å². The van der Waals surface area contributed by atoms with Gasteiger partial charge in [0.05, 0.1) is 7.11 Å². The fourth-order valence-electron chi connectivity index (χ4n) is 2.89. The molecule has 0 atom stereocenters. The summed E-state index contributed by atoms with van der Waals surface area (Å²) in [5, 5.41) is 3.63.